The van der Waals surface area contributed by atoms with Gasteiger partial charge < -0.3 is 14.2 Å². The number of aromatic nitrogens is 2. The molecule has 1 aromatic heterocycles. The molecule has 0 aliphatic carbocycles. The van der Waals surface area contributed by atoms with Gasteiger partial charge in [0, 0.05) is 30.2 Å². The molecule has 3 aromatic rings. The second kappa shape index (κ2) is 9.81. The van der Waals surface area contributed by atoms with Gasteiger partial charge in [0.1, 0.15) is 5.82 Å². The number of halogens is 3. The molecule has 29 heavy (non-hydrogen) atoms. The molecule has 0 saturated heterocycles. The number of carbonyl (C=O) groups excluding carboxylic acids is 1. The lowest BCUT2D eigenvalue weighted by Gasteiger charge is -2.23. The molecule has 1 amide bonds. The van der Waals surface area contributed by atoms with Crippen molar-refractivity contribution in [3.63, 3.8) is 0 Å². The summed E-state index contributed by atoms with van der Waals surface area (Å²) in [5.74, 6) is 0.564. The summed E-state index contributed by atoms with van der Waals surface area (Å²) in [6.07, 6.45) is 0.928. The Kier molecular flexibility index (Phi) is 7.41. The van der Waals surface area contributed by atoms with Crippen LogP contribution in [0.15, 0.2) is 36.4 Å². The predicted molar refractivity (Wildman–Crippen MR) is 118 cm³/mol. The molecule has 3 rings (SSSR count). The van der Waals surface area contributed by atoms with E-state index < -0.39 is 0 Å². The van der Waals surface area contributed by atoms with Crippen LogP contribution in [0.2, 0.25) is 15.1 Å². The van der Waals surface area contributed by atoms with Crippen molar-refractivity contribution in [2.24, 2.45) is 0 Å². The van der Waals surface area contributed by atoms with Gasteiger partial charge in [0.15, 0.2) is 0 Å². The smallest absolute Gasteiger partial charge is 0.255 e. The summed E-state index contributed by atoms with van der Waals surface area (Å²) in [6.45, 7) is 3.98. The highest BCUT2D eigenvalue weighted by Gasteiger charge is 2.22. The molecule has 0 spiro atoms. The average Bonchev–Trinajstić information content (AvgIpc) is 3.03. The molecule has 8 heteroatoms. The fraction of sp³-hybridized carbons (Fsp3) is 0.333. The third-order valence-electron chi connectivity index (χ3n) is 4.58. The highest BCUT2D eigenvalue weighted by atomic mass is 35.5. The predicted octanol–water partition coefficient (Wildman–Crippen LogP) is 5.70. The second-order valence-corrected chi connectivity index (χ2v) is 7.94. The van der Waals surface area contributed by atoms with Crippen LogP contribution < -0.4 is 0 Å². The Bertz CT molecular complexity index is 1020. The second-order valence-electron chi connectivity index (χ2n) is 6.66. The molecule has 5 nitrogen and oxygen atoms in total. The van der Waals surface area contributed by atoms with Crippen molar-refractivity contribution in [3.8, 4) is 0 Å². The summed E-state index contributed by atoms with van der Waals surface area (Å²) in [4.78, 5) is 19.7. The maximum absolute atomic E-state index is 13.2. The number of aryl methyl sites for hydroxylation is 1. The first kappa shape index (κ1) is 21.9. The summed E-state index contributed by atoms with van der Waals surface area (Å²) in [7, 11) is 1.60. The number of ether oxygens (including phenoxy) is 1. The van der Waals surface area contributed by atoms with Crippen molar-refractivity contribution in [2.45, 2.75) is 26.4 Å². The number of nitrogens with zero attached hydrogens (tertiary/aromatic N) is 3. The summed E-state index contributed by atoms with van der Waals surface area (Å²) < 4.78 is 7.31. The standard InChI is InChI=1S/C21H22Cl3N3O2/c1-3-8-27-19-12-15(23)5-7-18(19)25-20(27)13-26(9-10-29-2)21(28)16-11-14(22)4-6-17(16)24/h4-7,11-12H,3,8-10,13H2,1-2H3. The Morgan fingerprint density at radius 2 is 1.86 bits per heavy atom. The Hall–Kier alpha value is -1.79. The molecule has 0 N–H and O–H groups in total. The molecular weight excluding hydrogens is 433 g/mol. The monoisotopic (exact) mass is 453 g/mol. The van der Waals surface area contributed by atoms with Crippen LogP contribution >= 0.6 is 34.8 Å². The Morgan fingerprint density at radius 3 is 2.59 bits per heavy atom. The number of hydrogen-bond donors (Lipinski definition) is 0. The molecule has 0 unspecified atom stereocenters. The van der Waals surface area contributed by atoms with E-state index in [1.807, 2.05) is 18.2 Å². The van der Waals surface area contributed by atoms with Gasteiger partial charge in [-0.1, -0.05) is 41.7 Å². The summed E-state index contributed by atoms with van der Waals surface area (Å²) in [6, 6.07) is 10.5. The van der Waals surface area contributed by atoms with E-state index in [1.54, 1.807) is 30.2 Å². The third kappa shape index (κ3) is 5.04. The first-order valence-corrected chi connectivity index (χ1v) is 10.5. The van der Waals surface area contributed by atoms with Gasteiger partial charge in [-0.2, -0.15) is 0 Å². The number of amides is 1. The van der Waals surface area contributed by atoms with Crippen LogP contribution in [0.1, 0.15) is 29.5 Å². The lowest BCUT2D eigenvalue weighted by atomic mass is 10.2. The van der Waals surface area contributed by atoms with Crippen LogP contribution in [0.5, 0.6) is 0 Å². The van der Waals surface area contributed by atoms with Gasteiger partial charge in [-0.05, 0) is 42.8 Å². The number of benzene rings is 2. The molecule has 0 saturated carbocycles. The molecule has 154 valence electrons. The van der Waals surface area contributed by atoms with E-state index in [-0.39, 0.29) is 5.91 Å². The molecule has 0 bridgehead atoms. The van der Waals surface area contributed by atoms with Gasteiger partial charge in [0.25, 0.3) is 5.91 Å². The van der Waals surface area contributed by atoms with E-state index in [9.17, 15) is 4.79 Å². The quantitative estimate of drug-likeness (QED) is 0.439. The van der Waals surface area contributed by atoms with Gasteiger partial charge in [-0.15, -0.1) is 0 Å². The number of hydrogen-bond acceptors (Lipinski definition) is 3. The van der Waals surface area contributed by atoms with Crippen molar-refractivity contribution in [1.29, 1.82) is 0 Å². The van der Waals surface area contributed by atoms with Crippen LogP contribution in [0, 0.1) is 0 Å². The van der Waals surface area contributed by atoms with Crippen molar-refractivity contribution in [2.75, 3.05) is 20.3 Å². The fourth-order valence-electron chi connectivity index (χ4n) is 3.20. The lowest BCUT2D eigenvalue weighted by molar-refractivity contribution is 0.0673. The molecule has 0 radical (unpaired) electrons. The average molecular weight is 455 g/mol. The van der Waals surface area contributed by atoms with E-state index >= 15 is 0 Å². The van der Waals surface area contributed by atoms with E-state index in [0.717, 1.165) is 29.8 Å². The maximum Gasteiger partial charge on any atom is 0.255 e. The molecule has 0 aliphatic rings. The van der Waals surface area contributed by atoms with Crippen LogP contribution in [-0.2, 0) is 17.8 Å². The number of carbonyl (C=O) groups is 1. The van der Waals surface area contributed by atoms with Crippen LogP contribution in [0.4, 0.5) is 0 Å². The minimum absolute atomic E-state index is 0.220. The van der Waals surface area contributed by atoms with E-state index in [0.29, 0.717) is 40.3 Å². The number of methoxy groups -OCH3 is 1. The summed E-state index contributed by atoms with van der Waals surface area (Å²) >= 11 is 18.5. The summed E-state index contributed by atoms with van der Waals surface area (Å²) in [5.41, 5.74) is 2.16. The van der Waals surface area contributed by atoms with Crippen molar-refractivity contribution < 1.29 is 9.53 Å². The van der Waals surface area contributed by atoms with Crippen LogP contribution in [0.3, 0.4) is 0 Å². The Labute approximate surface area is 185 Å². The van der Waals surface area contributed by atoms with Crippen molar-refractivity contribution >= 4 is 51.7 Å². The lowest BCUT2D eigenvalue weighted by Crippen LogP contribution is -2.34. The van der Waals surface area contributed by atoms with Crippen LogP contribution in [-0.4, -0.2) is 40.6 Å². The summed E-state index contributed by atoms with van der Waals surface area (Å²) in [5, 5.41) is 1.47. The molecule has 1 heterocycles. The van der Waals surface area contributed by atoms with E-state index in [2.05, 4.69) is 11.5 Å². The molecule has 0 fully saturated rings. The zero-order valence-corrected chi connectivity index (χ0v) is 18.6. The van der Waals surface area contributed by atoms with Crippen molar-refractivity contribution in [3.05, 3.63) is 62.9 Å². The molecule has 2 aromatic carbocycles. The molecule has 0 atom stereocenters. The van der Waals surface area contributed by atoms with Crippen molar-refractivity contribution in [1.82, 2.24) is 14.5 Å². The minimum Gasteiger partial charge on any atom is -0.383 e. The van der Waals surface area contributed by atoms with E-state index in [4.69, 9.17) is 44.5 Å². The van der Waals surface area contributed by atoms with E-state index in [1.165, 1.54) is 0 Å². The molecule has 0 aliphatic heterocycles. The van der Waals surface area contributed by atoms with Gasteiger partial charge in [0.2, 0.25) is 0 Å². The van der Waals surface area contributed by atoms with Crippen LogP contribution in [0.25, 0.3) is 11.0 Å². The van der Waals surface area contributed by atoms with Gasteiger partial charge in [0.05, 0.1) is 34.8 Å². The highest BCUT2D eigenvalue weighted by Crippen LogP contribution is 2.25. The Balaban J connectivity index is 1.99. The Morgan fingerprint density at radius 1 is 1.14 bits per heavy atom. The fourth-order valence-corrected chi connectivity index (χ4v) is 3.73. The maximum atomic E-state index is 13.2. The number of rotatable bonds is 8. The number of fused-ring (bicyclic) bond motifs is 1. The molecular formula is C21H22Cl3N3O2. The zero-order valence-electron chi connectivity index (χ0n) is 16.3. The minimum atomic E-state index is -0.220. The van der Waals surface area contributed by atoms with Gasteiger partial charge in [-0.25, -0.2) is 4.98 Å². The highest BCUT2D eigenvalue weighted by molar-refractivity contribution is 6.35. The largest absolute Gasteiger partial charge is 0.383 e. The number of imidazole rings is 1. The first-order valence-electron chi connectivity index (χ1n) is 9.32. The zero-order chi connectivity index (χ0) is 21.0. The van der Waals surface area contributed by atoms with Gasteiger partial charge in [-0.3, -0.25) is 4.79 Å². The van der Waals surface area contributed by atoms with Gasteiger partial charge >= 0.3 is 0 Å². The third-order valence-corrected chi connectivity index (χ3v) is 5.38. The SMILES string of the molecule is CCCn1c(CN(CCOC)C(=O)c2cc(Cl)ccc2Cl)nc2ccc(Cl)cc21. The normalized spacial score (nSPS) is 11.2. The first-order chi connectivity index (χ1) is 13.9. The topological polar surface area (TPSA) is 47.4 Å².